The third-order valence-electron chi connectivity index (χ3n) is 2.38. The number of aromatic nitrogens is 1. The minimum absolute atomic E-state index is 0.137. The first-order valence-corrected chi connectivity index (χ1v) is 5.82. The Morgan fingerprint density at radius 3 is 2.83 bits per heavy atom. The number of carbonyl (C=O) groups excluding carboxylic acids is 1. The van der Waals surface area contributed by atoms with Crippen molar-refractivity contribution >= 4 is 23.2 Å². The normalized spacial score (nSPS) is 14.0. The number of hydrogen-bond donors (Lipinski definition) is 4. The molecule has 0 saturated heterocycles. The Labute approximate surface area is 110 Å². The summed E-state index contributed by atoms with van der Waals surface area (Å²) in [5.41, 5.74) is 6.03. The molecule has 0 aliphatic rings. The van der Waals surface area contributed by atoms with Crippen LogP contribution >= 0.6 is 11.6 Å². The van der Waals surface area contributed by atoms with E-state index >= 15 is 0 Å². The molecule has 100 valence electrons. The first-order chi connectivity index (χ1) is 8.41. The van der Waals surface area contributed by atoms with E-state index < -0.39 is 12.2 Å². The lowest BCUT2D eigenvalue weighted by Crippen LogP contribution is -2.28. The number of aliphatic hydroxyl groups excluding tert-OH is 2. The highest BCUT2D eigenvalue weighted by Crippen LogP contribution is 2.24. The maximum atomic E-state index is 10.7. The van der Waals surface area contributed by atoms with Crippen LogP contribution in [0.4, 0.5) is 5.69 Å². The van der Waals surface area contributed by atoms with Crippen molar-refractivity contribution in [3.63, 3.8) is 0 Å². The van der Waals surface area contributed by atoms with Gasteiger partial charge >= 0.3 is 0 Å². The van der Waals surface area contributed by atoms with Crippen molar-refractivity contribution in [2.24, 2.45) is 0 Å². The maximum Gasteiger partial charge on any atom is 0.216 e. The molecular formula is C11H16ClN3O3. The Hall–Kier alpha value is -1.37. The van der Waals surface area contributed by atoms with Gasteiger partial charge in [-0.15, -0.1) is 0 Å². The van der Waals surface area contributed by atoms with E-state index in [9.17, 15) is 15.0 Å². The highest BCUT2D eigenvalue weighted by molar-refractivity contribution is 6.29. The minimum atomic E-state index is -1.24. The molecule has 6 nitrogen and oxygen atoms in total. The predicted octanol–water partition coefficient (Wildman–Crippen LogP) is 0.238. The van der Waals surface area contributed by atoms with E-state index in [-0.39, 0.29) is 35.4 Å². The molecule has 2 unspecified atom stereocenters. The Kier molecular flexibility index (Phi) is 5.33. The third-order valence-corrected chi connectivity index (χ3v) is 2.59. The Morgan fingerprint density at radius 2 is 2.22 bits per heavy atom. The smallest absolute Gasteiger partial charge is 0.216 e. The molecule has 0 fully saturated rings. The monoisotopic (exact) mass is 273 g/mol. The second-order valence-electron chi connectivity index (χ2n) is 3.89. The number of amides is 1. The molecule has 1 heterocycles. The van der Waals surface area contributed by atoms with Crippen molar-refractivity contribution in [3.8, 4) is 0 Å². The summed E-state index contributed by atoms with van der Waals surface area (Å²) >= 11 is 5.70. The number of hydrogen-bond acceptors (Lipinski definition) is 5. The summed E-state index contributed by atoms with van der Waals surface area (Å²) < 4.78 is 0. The molecule has 0 bridgehead atoms. The summed E-state index contributed by atoms with van der Waals surface area (Å²) in [6, 6.07) is 3.01. The van der Waals surface area contributed by atoms with Gasteiger partial charge in [0.05, 0.1) is 17.5 Å². The number of nitrogens with two attached hydrogens (primary N) is 1. The van der Waals surface area contributed by atoms with Gasteiger partial charge in [-0.1, -0.05) is 11.6 Å². The number of halogens is 1. The topological polar surface area (TPSA) is 108 Å². The molecule has 0 radical (unpaired) electrons. The summed E-state index contributed by atoms with van der Waals surface area (Å²) in [7, 11) is 0. The van der Waals surface area contributed by atoms with Crippen LogP contribution in [0.3, 0.4) is 0 Å². The molecular weight excluding hydrogens is 258 g/mol. The molecule has 1 rings (SSSR count). The van der Waals surface area contributed by atoms with Crippen molar-refractivity contribution in [3.05, 3.63) is 23.0 Å². The average molecular weight is 274 g/mol. The average Bonchev–Trinajstić information content (AvgIpc) is 2.30. The van der Waals surface area contributed by atoms with Gasteiger partial charge in [-0.2, -0.15) is 0 Å². The van der Waals surface area contributed by atoms with Crippen molar-refractivity contribution in [1.29, 1.82) is 0 Å². The zero-order chi connectivity index (χ0) is 13.7. The number of rotatable bonds is 5. The van der Waals surface area contributed by atoms with Crippen LogP contribution in [0.2, 0.25) is 5.15 Å². The van der Waals surface area contributed by atoms with E-state index in [0.29, 0.717) is 0 Å². The maximum absolute atomic E-state index is 10.7. The summed E-state index contributed by atoms with van der Waals surface area (Å²) in [6.07, 6.45) is -2.13. The van der Waals surface area contributed by atoms with Crippen LogP contribution in [-0.4, -0.2) is 33.8 Å². The second-order valence-corrected chi connectivity index (χ2v) is 4.28. The molecule has 7 heteroatoms. The van der Waals surface area contributed by atoms with E-state index in [1.165, 1.54) is 19.1 Å². The number of carbonyl (C=O) groups is 1. The van der Waals surface area contributed by atoms with Gasteiger partial charge in [-0.05, 0) is 18.6 Å². The van der Waals surface area contributed by atoms with Crippen LogP contribution < -0.4 is 11.1 Å². The van der Waals surface area contributed by atoms with E-state index in [0.717, 1.165) is 0 Å². The standard InChI is InChI=1S/C11H16ClN3O3/c1-6(16)14-5-4-8(17)11(18)10-7(13)2-3-9(12)15-10/h2-3,8,11,17-18H,4-5,13H2,1H3,(H,14,16). The molecule has 1 aromatic rings. The van der Waals surface area contributed by atoms with Crippen LogP contribution in [0, 0.1) is 0 Å². The predicted molar refractivity (Wildman–Crippen MR) is 67.9 cm³/mol. The first kappa shape index (κ1) is 14.7. The number of nitrogens with zero attached hydrogens (tertiary/aromatic N) is 1. The number of pyridine rings is 1. The lowest BCUT2D eigenvalue weighted by Gasteiger charge is -2.18. The van der Waals surface area contributed by atoms with E-state index in [2.05, 4.69) is 10.3 Å². The fraction of sp³-hybridized carbons (Fsp3) is 0.455. The molecule has 2 atom stereocenters. The van der Waals surface area contributed by atoms with E-state index in [1.54, 1.807) is 0 Å². The number of anilines is 1. The van der Waals surface area contributed by atoms with Gasteiger partial charge in [0.1, 0.15) is 11.3 Å². The van der Waals surface area contributed by atoms with Gasteiger partial charge in [-0.25, -0.2) is 4.98 Å². The fourth-order valence-electron chi connectivity index (χ4n) is 1.43. The molecule has 1 aromatic heterocycles. The van der Waals surface area contributed by atoms with Gasteiger partial charge in [0.2, 0.25) is 5.91 Å². The lowest BCUT2D eigenvalue weighted by molar-refractivity contribution is -0.119. The minimum Gasteiger partial charge on any atom is -0.397 e. The van der Waals surface area contributed by atoms with Gasteiger partial charge in [0.25, 0.3) is 0 Å². The quantitative estimate of drug-likeness (QED) is 0.575. The van der Waals surface area contributed by atoms with E-state index in [4.69, 9.17) is 17.3 Å². The SMILES string of the molecule is CC(=O)NCCC(O)C(O)c1nc(Cl)ccc1N. The van der Waals surface area contributed by atoms with Gasteiger partial charge < -0.3 is 21.3 Å². The summed E-state index contributed by atoms with van der Waals surface area (Å²) in [5.74, 6) is -0.197. The zero-order valence-electron chi connectivity index (χ0n) is 9.93. The highest BCUT2D eigenvalue weighted by atomic mass is 35.5. The van der Waals surface area contributed by atoms with Crippen LogP contribution in [0.5, 0.6) is 0 Å². The zero-order valence-corrected chi connectivity index (χ0v) is 10.7. The number of nitrogens with one attached hydrogen (secondary N) is 1. The first-order valence-electron chi connectivity index (χ1n) is 5.44. The Morgan fingerprint density at radius 1 is 1.56 bits per heavy atom. The van der Waals surface area contributed by atoms with E-state index in [1.807, 2.05) is 0 Å². The second kappa shape index (κ2) is 6.53. The Balaban J connectivity index is 2.64. The molecule has 0 aliphatic carbocycles. The molecule has 0 aliphatic heterocycles. The van der Waals surface area contributed by atoms with Gasteiger partial charge in [0, 0.05) is 13.5 Å². The highest BCUT2D eigenvalue weighted by Gasteiger charge is 2.22. The molecule has 0 aromatic carbocycles. The summed E-state index contributed by atoms with van der Waals surface area (Å²) in [5, 5.41) is 22.4. The van der Waals surface area contributed by atoms with Crippen LogP contribution in [0.15, 0.2) is 12.1 Å². The van der Waals surface area contributed by atoms with Gasteiger partial charge in [0.15, 0.2) is 0 Å². The Bertz CT molecular complexity index is 428. The molecule has 0 spiro atoms. The summed E-state index contributed by atoms with van der Waals surface area (Å²) in [4.78, 5) is 14.5. The van der Waals surface area contributed by atoms with Crippen LogP contribution in [0.1, 0.15) is 25.1 Å². The van der Waals surface area contributed by atoms with Crippen molar-refractivity contribution < 1.29 is 15.0 Å². The number of aliphatic hydroxyl groups is 2. The van der Waals surface area contributed by atoms with Crippen molar-refractivity contribution in [1.82, 2.24) is 10.3 Å². The van der Waals surface area contributed by atoms with Crippen molar-refractivity contribution in [2.45, 2.75) is 25.6 Å². The lowest BCUT2D eigenvalue weighted by atomic mass is 10.1. The molecule has 0 saturated carbocycles. The van der Waals surface area contributed by atoms with Crippen LogP contribution in [0.25, 0.3) is 0 Å². The largest absolute Gasteiger partial charge is 0.397 e. The number of nitrogen functional groups attached to an aromatic ring is 1. The van der Waals surface area contributed by atoms with Crippen molar-refractivity contribution in [2.75, 3.05) is 12.3 Å². The molecule has 5 N–H and O–H groups in total. The van der Waals surface area contributed by atoms with Gasteiger partial charge in [-0.3, -0.25) is 4.79 Å². The molecule has 18 heavy (non-hydrogen) atoms. The third kappa shape index (κ3) is 4.14. The van der Waals surface area contributed by atoms with Crippen LogP contribution in [-0.2, 0) is 4.79 Å². The fourth-order valence-corrected chi connectivity index (χ4v) is 1.59. The summed E-state index contributed by atoms with van der Waals surface area (Å²) in [6.45, 7) is 1.63. The molecule has 1 amide bonds.